The highest BCUT2D eigenvalue weighted by molar-refractivity contribution is 5.70. The first-order valence-corrected chi connectivity index (χ1v) is 8.16. The summed E-state index contributed by atoms with van der Waals surface area (Å²) in [5, 5.41) is 0. The van der Waals surface area contributed by atoms with Crippen molar-refractivity contribution < 1.29 is 14.3 Å². The molecule has 0 aromatic heterocycles. The number of ether oxygens (including phenoxy) is 2. The van der Waals surface area contributed by atoms with Crippen LogP contribution in [0.15, 0.2) is 36.0 Å². The van der Waals surface area contributed by atoms with Crippen molar-refractivity contribution in [3.8, 4) is 5.75 Å². The van der Waals surface area contributed by atoms with Gasteiger partial charge in [0.05, 0.1) is 12.0 Å². The lowest BCUT2D eigenvalue weighted by atomic mass is 9.62. The molecule has 0 unspecified atom stereocenters. The standard InChI is InChI=1S/C18H21NO3/c1-2-21-17(20)19-11-10-18-13(12-19)6-5-9-16(18)22-15-8-4-3-7-14(15)18/h3-4,7-8,12,16H,2,5-6,9-11H2,1H3/t16-,18-/m0/s1. The molecule has 22 heavy (non-hydrogen) atoms. The SMILES string of the molecule is CCOC(=O)N1C=C2CCC[C@@H]3Oc4ccccc4[C@]23CC1. The summed E-state index contributed by atoms with van der Waals surface area (Å²) < 4.78 is 11.4. The van der Waals surface area contributed by atoms with Crippen LogP contribution in [-0.2, 0) is 10.2 Å². The highest BCUT2D eigenvalue weighted by Gasteiger charge is 2.54. The van der Waals surface area contributed by atoms with E-state index < -0.39 is 0 Å². The molecule has 1 aliphatic carbocycles. The minimum atomic E-state index is -0.237. The summed E-state index contributed by atoms with van der Waals surface area (Å²) in [5.41, 5.74) is 2.60. The Morgan fingerprint density at radius 3 is 3.18 bits per heavy atom. The van der Waals surface area contributed by atoms with Gasteiger partial charge in [0.1, 0.15) is 11.9 Å². The van der Waals surface area contributed by atoms with Gasteiger partial charge in [0.25, 0.3) is 0 Å². The van der Waals surface area contributed by atoms with Gasteiger partial charge in [-0.1, -0.05) is 18.2 Å². The summed E-state index contributed by atoms with van der Waals surface area (Å²) in [7, 11) is 0. The summed E-state index contributed by atoms with van der Waals surface area (Å²) in [4.78, 5) is 13.8. The average Bonchev–Trinajstić information content (AvgIpc) is 2.87. The number of carbonyl (C=O) groups excluding carboxylic acids is 1. The average molecular weight is 299 g/mol. The van der Waals surface area contributed by atoms with Crippen LogP contribution in [0.25, 0.3) is 0 Å². The van der Waals surface area contributed by atoms with E-state index in [0.29, 0.717) is 13.2 Å². The van der Waals surface area contributed by atoms with Crippen molar-refractivity contribution in [2.24, 2.45) is 0 Å². The van der Waals surface area contributed by atoms with Crippen LogP contribution in [0.1, 0.15) is 38.2 Å². The van der Waals surface area contributed by atoms with E-state index in [4.69, 9.17) is 9.47 Å². The predicted octanol–water partition coefficient (Wildman–Crippen LogP) is 3.62. The van der Waals surface area contributed by atoms with E-state index in [9.17, 15) is 4.79 Å². The summed E-state index contributed by atoms with van der Waals surface area (Å²) >= 11 is 0. The van der Waals surface area contributed by atoms with Crippen molar-refractivity contribution in [1.29, 1.82) is 0 Å². The molecule has 116 valence electrons. The van der Waals surface area contributed by atoms with Crippen LogP contribution in [0.5, 0.6) is 5.75 Å². The molecule has 0 N–H and O–H groups in total. The van der Waals surface area contributed by atoms with Gasteiger partial charge in [-0.3, -0.25) is 4.90 Å². The molecule has 2 heterocycles. The van der Waals surface area contributed by atoms with E-state index in [-0.39, 0.29) is 17.6 Å². The quantitative estimate of drug-likeness (QED) is 0.795. The molecule has 4 rings (SSSR count). The first-order valence-electron chi connectivity index (χ1n) is 8.16. The summed E-state index contributed by atoms with van der Waals surface area (Å²) in [5.74, 6) is 1.02. The number of para-hydroxylation sites is 1. The topological polar surface area (TPSA) is 38.8 Å². The fourth-order valence-corrected chi connectivity index (χ4v) is 4.29. The van der Waals surface area contributed by atoms with Gasteiger partial charge in [0, 0.05) is 18.3 Å². The van der Waals surface area contributed by atoms with Crippen LogP contribution in [-0.4, -0.2) is 30.2 Å². The Labute approximate surface area is 130 Å². The number of carbonyl (C=O) groups is 1. The molecule has 4 nitrogen and oxygen atoms in total. The third-order valence-corrected chi connectivity index (χ3v) is 5.23. The number of amides is 1. The molecule has 0 saturated heterocycles. The maximum atomic E-state index is 12.0. The number of nitrogens with zero attached hydrogens (tertiary/aromatic N) is 1. The van der Waals surface area contributed by atoms with E-state index in [2.05, 4.69) is 18.2 Å². The fraction of sp³-hybridized carbons (Fsp3) is 0.500. The van der Waals surface area contributed by atoms with Gasteiger partial charge in [0.15, 0.2) is 0 Å². The number of hydrogen-bond donors (Lipinski definition) is 0. The van der Waals surface area contributed by atoms with Crippen molar-refractivity contribution in [1.82, 2.24) is 4.90 Å². The first-order chi connectivity index (χ1) is 10.8. The molecule has 2 atom stereocenters. The molecule has 1 amide bonds. The molecule has 1 fully saturated rings. The lowest BCUT2D eigenvalue weighted by Crippen LogP contribution is -2.49. The van der Waals surface area contributed by atoms with Crippen molar-refractivity contribution >= 4 is 6.09 Å². The lowest BCUT2D eigenvalue weighted by molar-refractivity contribution is 0.0916. The van der Waals surface area contributed by atoms with Crippen LogP contribution in [0.2, 0.25) is 0 Å². The van der Waals surface area contributed by atoms with Gasteiger partial charge >= 0.3 is 6.09 Å². The highest BCUT2D eigenvalue weighted by atomic mass is 16.6. The van der Waals surface area contributed by atoms with Crippen LogP contribution in [0.4, 0.5) is 4.79 Å². The normalized spacial score (nSPS) is 28.9. The molecule has 3 aliphatic rings. The number of hydrogen-bond acceptors (Lipinski definition) is 3. The summed E-state index contributed by atoms with van der Waals surface area (Å²) in [6.07, 6.45) is 6.16. The molecule has 1 aromatic carbocycles. The maximum absolute atomic E-state index is 12.0. The largest absolute Gasteiger partial charge is 0.489 e. The molecule has 0 bridgehead atoms. The van der Waals surface area contributed by atoms with Crippen molar-refractivity contribution in [3.63, 3.8) is 0 Å². The Morgan fingerprint density at radius 2 is 2.32 bits per heavy atom. The Hall–Kier alpha value is -1.97. The van der Waals surface area contributed by atoms with Crippen molar-refractivity contribution in [3.05, 3.63) is 41.6 Å². The molecular weight excluding hydrogens is 278 g/mol. The Balaban J connectivity index is 1.76. The van der Waals surface area contributed by atoms with Crippen LogP contribution < -0.4 is 4.74 Å². The maximum Gasteiger partial charge on any atom is 0.413 e. The number of rotatable bonds is 1. The van der Waals surface area contributed by atoms with Gasteiger partial charge < -0.3 is 9.47 Å². The molecule has 1 saturated carbocycles. The molecule has 2 aliphatic heterocycles. The minimum absolute atomic E-state index is 0.0299. The third-order valence-electron chi connectivity index (χ3n) is 5.23. The summed E-state index contributed by atoms with van der Waals surface area (Å²) in [6, 6.07) is 8.37. The minimum Gasteiger partial charge on any atom is -0.489 e. The Morgan fingerprint density at radius 1 is 1.45 bits per heavy atom. The van der Waals surface area contributed by atoms with Crippen LogP contribution in [0.3, 0.4) is 0 Å². The zero-order valence-electron chi connectivity index (χ0n) is 12.9. The summed E-state index contributed by atoms with van der Waals surface area (Å²) in [6.45, 7) is 2.95. The fourth-order valence-electron chi connectivity index (χ4n) is 4.29. The van der Waals surface area contributed by atoms with Gasteiger partial charge in [-0.05, 0) is 44.2 Å². The highest BCUT2D eigenvalue weighted by Crippen LogP contribution is 2.56. The van der Waals surface area contributed by atoms with Crippen LogP contribution in [0, 0.1) is 0 Å². The second-order valence-corrected chi connectivity index (χ2v) is 6.26. The molecule has 1 spiro atoms. The van der Waals surface area contributed by atoms with Gasteiger partial charge in [-0.15, -0.1) is 0 Å². The van der Waals surface area contributed by atoms with E-state index in [1.165, 1.54) is 11.1 Å². The second kappa shape index (κ2) is 5.04. The monoisotopic (exact) mass is 299 g/mol. The van der Waals surface area contributed by atoms with Crippen molar-refractivity contribution in [2.45, 2.75) is 44.1 Å². The number of benzene rings is 1. The Kier molecular flexibility index (Phi) is 3.13. The van der Waals surface area contributed by atoms with Crippen LogP contribution >= 0.6 is 0 Å². The van der Waals surface area contributed by atoms with E-state index in [1.807, 2.05) is 19.2 Å². The van der Waals surface area contributed by atoms with Gasteiger partial charge in [-0.25, -0.2) is 4.79 Å². The predicted molar refractivity (Wildman–Crippen MR) is 82.8 cm³/mol. The Bertz CT molecular complexity index is 639. The third kappa shape index (κ3) is 1.79. The van der Waals surface area contributed by atoms with Crippen molar-refractivity contribution in [2.75, 3.05) is 13.2 Å². The lowest BCUT2D eigenvalue weighted by Gasteiger charge is -2.45. The van der Waals surface area contributed by atoms with Gasteiger partial charge in [0.2, 0.25) is 0 Å². The van der Waals surface area contributed by atoms with E-state index in [1.54, 1.807) is 4.90 Å². The number of fused-ring (bicyclic) bond motifs is 1. The zero-order valence-corrected chi connectivity index (χ0v) is 12.9. The second-order valence-electron chi connectivity index (χ2n) is 6.26. The molecule has 4 heteroatoms. The molecule has 1 aromatic rings. The van der Waals surface area contributed by atoms with E-state index >= 15 is 0 Å². The smallest absolute Gasteiger partial charge is 0.413 e. The first kappa shape index (κ1) is 13.7. The molecular formula is C18H21NO3. The van der Waals surface area contributed by atoms with E-state index in [0.717, 1.165) is 31.4 Å². The van der Waals surface area contributed by atoms with Gasteiger partial charge in [-0.2, -0.15) is 0 Å². The zero-order chi connectivity index (χ0) is 15.2. The molecule has 0 radical (unpaired) electrons.